The lowest BCUT2D eigenvalue weighted by Crippen LogP contribution is -2.06. The summed E-state index contributed by atoms with van der Waals surface area (Å²) < 4.78 is 62.4. The van der Waals surface area contributed by atoms with Crippen LogP contribution in [0, 0.1) is 11.6 Å². The quantitative estimate of drug-likeness (QED) is 0.327. The Balaban J connectivity index is 1.67. The summed E-state index contributed by atoms with van der Waals surface area (Å²) in [4.78, 5) is 0. The lowest BCUT2D eigenvalue weighted by atomic mass is 9.98. The molecule has 0 spiro atoms. The van der Waals surface area contributed by atoms with Crippen molar-refractivity contribution in [3.63, 3.8) is 0 Å². The first-order valence-electron chi connectivity index (χ1n) is 9.07. The molecule has 0 N–H and O–H groups in total. The van der Waals surface area contributed by atoms with Crippen LogP contribution in [0.1, 0.15) is 0 Å². The molecular weight excluding hydrogens is 396 g/mol. The maximum atomic E-state index is 14.4. The van der Waals surface area contributed by atoms with Crippen molar-refractivity contribution in [3.8, 4) is 33.8 Å². The summed E-state index contributed by atoms with van der Waals surface area (Å²) in [7, 11) is 1.61. The maximum absolute atomic E-state index is 14.4. The Bertz CT molecular complexity index is 1190. The fourth-order valence-corrected chi connectivity index (χ4v) is 3.33. The zero-order chi connectivity index (χ0) is 21.3. The van der Waals surface area contributed by atoms with Crippen LogP contribution < -0.4 is 9.47 Å². The van der Waals surface area contributed by atoms with Gasteiger partial charge in [-0.1, -0.05) is 48.5 Å². The first-order valence-corrected chi connectivity index (χ1v) is 9.07. The van der Waals surface area contributed by atoms with Crippen LogP contribution in [0.3, 0.4) is 0 Å². The highest BCUT2D eigenvalue weighted by atomic mass is 19.3. The van der Waals surface area contributed by atoms with Gasteiger partial charge in [0, 0.05) is 5.39 Å². The van der Waals surface area contributed by atoms with Gasteiger partial charge in [0.05, 0.1) is 7.11 Å². The molecule has 4 aromatic carbocycles. The molecule has 2 nitrogen and oxygen atoms in total. The molecule has 0 atom stereocenters. The third-order valence-electron chi connectivity index (χ3n) is 4.84. The summed E-state index contributed by atoms with van der Waals surface area (Å²) in [5.41, 5.74) is 3.62. The SMILES string of the molecule is COc1ccc(-c2ccc(-c3ccc4c(F)c(OC(F)F)c(F)cc4c3)cc2)cc1. The summed E-state index contributed by atoms with van der Waals surface area (Å²) in [5.74, 6) is -2.62. The normalized spacial score (nSPS) is 11.1. The number of hydrogen-bond acceptors (Lipinski definition) is 2. The molecule has 0 saturated heterocycles. The minimum atomic E-state index is -3.31. The number of alkyl halides is 2. The van der Waals surface area contributed by atoms with Gasteiger partial charge >= 0.3 is 6.61 Å². The smallest absolute Gasteiger partial charge is 0.387 e. The van der Waals surface area contributed by atoms with E-state index in [0.29, 0.717) is 0 Å². The Hall–Kier alpha value is -3.54. The number of rotatable bonds is 5. The van der Waals surface area contributed by atoms with Gasteiger partial charge in [0.2, 0.25) is 0 Å². The number of hydrogen-bond donors (Lipinski definition) is 0. The van der Waals surface area contributed by atoms with Crippen molar-refractivity contribution in [2.75, 3.05) is 7.11 Å². The summed E-state index contributed by atoms with van der Waals surface area (Å²) in [6.45, 7) is -3.31. The second-order valence-electron chi connectivity index (χ2n) is 6.62. The average molecular weight is 412 g/mol. The van der Waals surface area contributed by atoms with Crippen LogP contribution >= 0.6 is 0 Å². The number of ether oxygens (including phenoxy) is 2. The van der Waals surface area contributed by atoms with Gasteiger partial charge in [0.1, 0.15) is 5.75 Å². The average Bonchev–Trinajstić information content (AvgIpc) is 2.76. The van der Waals surface area contributed by atoms with Gasteiger partial charge < -0.3 is 9.47 Å². The van der Waals surface area contributed by atoms with E-state index in [1.165, 1.54) is 6.07 Å². The highest BCUT2D eigenvalue weighted by Crippen LogP contribution is 2.34. The molecular formula is C24H16F4O2. The van der Waals surface area contributed by atoms with E-state index in [-0.39, 0.29) is 10.8 Å². The molecule has 0 radical (unpaired) electrons. The maximum Gasteiger partial charge on any atom is 0.387 e. The summed E-state index contributed by atoms with van der Waals surface area (Å²) in [6, 6.07) is 21.0. The Kier molecular flexibility index (Phi) is 5.31. The molecule has 6 heteroatoms. The van der Waals surface area contributed by atoms with Crippen LogP contribution in [0.25, 0.3) is 33.0 Å². The summed E-state index contributed by atoms with van der Waals surface area (Å²) in [6.07, 6.45) is 0. The minimum absolute atomic E-state index is 0.00523. The van der Waals surface area contributed by atoms with Crippen molar-refractivity contribution in [1.29, 1.82) is 0 Å². The molecule has 4 rings (SSSR count). The molecule has 0 heterocycles. The Labute approximate surface area is 170 Å². The van der Waals surface area contributed by atoms with Crippen LogP contribution in [0.15, 0.2) is 72.8 Å². The van der Waals surface area contributed by atoms with Crippen LogP contribution in [0.4, 0.5) is 17.6 Å². The third kappa shape index (κ3) is 3.81. The predicted molar refractivity (Wildman–Crippen MR) is 108 cm³/mol. The van der Waals surface area contributed by atoms with Gasteiger partial charge in [0.15, 0.2) is 17.4 Å². The Morgan fingerprint density at radius 3 is 1.80 bits per heavy atom. The third-order valence-corrected chi connectivity index (χ3v) is 4.84. The van der Waals surface area contributed by atoms with Crippen molar-refractivity contribution in [2.24, 2.45) is 0 Å². The van der Waals surface area contributed by atoms with Crippen molar-refractivity contribution < 1.29 is 27.0 Å². The van der Waals surface area contributed by atoms with Gasteiger partial charge in [-0.05, 0) is 51.9 Å². The lowest BCUT2D eigenvalue weighted by Gasteiger charge is -2.11. The molecule has 0 aliphatic carbocycles. The molecule has 0 aliphatic heterocycles. The molecule has 0 aromatic heterocycles. The second kappa shape index (κ2) is 8.06. The van der Waals surface area contributed by atoms with Crippen molar-refractivity contribution >= 4 is 10.8 Å². The highest BCUT2D eigenvalue weighted by molar-refractivity contribution is 5.89. The largest absolute Gasteiger partial charge is 0.497 e. The molecule has 0 unspecified atom stereocenters. The fourth-order valence-electron chi connectivity index (χ4n) is 3.33. The van der Waals surface area contributed by atoms with E-state index in [0.717, 1.165) is 34.1 Å². The van der Waals surface area contributed by atoms with Gasteiger partial charge in [-0.2, -0.15) is 8.78 Å². The number of methoxy groups -OCH3 is 1. The summed E-state index contributed by atoms with van der Waals surface area (Å²) >= 11 is 0. The number of benzene rings is 4. The minimum Gasteiger partial charge on any atom is -0.497 e. The lowest BCUT2D eigenvalue weighted by molar-refractivity contribution is -0.0544. The Morgan fingerprint density at radius 1 is 0.700 bits per heavy atom. The molecule has 0 fully saturated rings. The van der Waals surface area contributed by atoms with E-state index in [4.69, 9.17) is 4.74 Å². The van der Waals surface area contributed by atoms with E-state index >= 15 is 0 Å². The van der Waals surface area contributed by atoms with Crippen LogP contribution in [-0.4, -0.2) is 13.7 Å². The Morgan fingerprint density at radius 2 is 1.23 bits per heavy atom. The zero-order valence-corrected chi connectivity index (χ0v) is 15.8. The number of fused-ring (bicyclic) bond motifs is 1. The zero-order valence-electron chi connectivity index (χ0n) is 15.8. The van der Waals surface area contributed by atoms with Gasteiger partial charge in [0.25, 0.3) is 0 Å². The molecule has 0 amide bonds. The first-order chi connectivity index (χ1) is 14.5. The standard InChI is InChI=1S/C24H16F4O2/c1-29-19-9-6-15(7-10-19)14-2-4-16(5-3-14)17-8-11-20-18(12-17)13-21(25)23(22(20)26)30-24(27)28/h2-13,24H,1H3. The van der Waals surface area contributed by atoms with Crippen LogP contribution in [0.2, 0.25) is 0 Å². The van der Waals surface area contributed by atoms with E-state index in [2.05, 4.69) is 4.74 Å². The van der Waals surface area contributed by atoms with Crippen molar-refractivity contribution in [2.45, 2.75) is 6.61 Å². The molecule has 152 valence electrons. The van der Waals surface area contributed by atoms with Crippen LogP contribution in [0.5, 0.6) is 11.5 Å². The van der Waals surface area contributed by atoms with E-state index < -0.39 is 24.0 Å². The van der Waals surface area contributed by atoms with Gasteiger partial charge in [-0.15, -0.1) is 0 Å². The van der Waals surface area contributed by atoms with Gasteiger partial charge in [-0.3, -0.25) is 0 Å². The monoisotopic (exact) mass is 412 g/mol. The number of halogens is 4. The molecule has 0 bridgehead atoms. The van der Waals surface area contributed by atoms with E-state index in [1.54, 1.807) is 19.2 Å². The molecule has 0 aliphatic rings. The topological polar surface area (TPSA) is 18.5 Å². The predicted octanol–water partition coefficient (Wildman–Crippen LogP) is 7.06. The molecule has 0 saturated carbocycles. The first kappa shape index (κ1) is 19.8. The molecule has 30 heavy (non-hydrogen) atoms. The summed E-state index contributed by atoms with van der Waals surface area (Å²) in [5, 5.41) is 0.258. The fraction of sp³-hybridized carbons (Fsp3) is 0.0833. The van der Waals surface area contributed by atoms with Crippen LogP contribution in [-0.2, 0) is 0 Å². The molecule has 4 aromatic rings. The highest BCUT2D eigenvalue weighted by Gasteiger charge is 2.19. The van der Waals surface area contributed by atoms with Crippen molar-refractivity contribution in [3.05, 3.63) is 84.4 Å². The van der Waals surface area contributed by atoms with E-state index in [1.807, 2.05) is 48.5 Å². The van der Waals surface area contributed by atoms with Crippen molar-refractivity contribution in [1.82, 2.24) is 0 Å². The van der Waals surface area contributed by atoms with Gasteiger partial charge in [-0.25, -0.2) is 8.78 Å². The van der Waals surface area contributed by atoms with E-state index in [9.17, 15) is 17.6 Å². The second-order valence-corrected chi connectivity index (χ2v) is 6.62.